The first kappa shape index (κ1) is 24.0. The highest BCUT2D eigenvalue weighted by Gasteiger charge is 2.31. The molecule has 4 aromatic rings. The Morgan fingerprint density at radius 1 is 0.912 bits per heavy atom. The molecule has 3 aromatic carbocycles. The molecule has 6 nitrogen and oxygen atoms in total. The molecule has 0 aliphatic carbocycles. The quantitative estimate of drug-likeness (QED) is 0.227. The molecule has 0 fully saturated rings. The van der Waals surface area contributed by atoms with E-state index in [1.807, 2.05) is 18.2 Å². The van der Waals surface area contributed by atoms with Gasteiger partial charge in [0.25, 0.3) is 0 Å². The van der Waals surface area contributed by atoms with E-state index in [-0.39, 0.29) is 17.8 Å². The molecule has 0 aliphatic rings. The Hall–Kier alpha value is -3.18. The monoisotopic (exact) mass is 491 g/mol. The number of hydrogen-bond acceptors (Lipinski definition) is 7. The summed E-state index contributed by atoms with van der Waals surface area (Å²) in [6, 6.07) is 15.2. The van der Waals surface area contributed by atoms with Gasteiger partial charge in [0.15, 0.2) is 5.43 Å². The van der Waals surface area contributed by atoms with Crippen LogP contribution in [0.5, 0.6) is 17.2 Å². The first-order chi connectivity index (χ1) is 16.3. The Kier molecular flexibility index (Phi) is 7.03. The molecule has 1 heterocycles. The number of fused-ring (bicyclic) bond motifs is 2. The van der Waals surface area contributed by atoms with Crippen LogP contribution in [-0.2, 0) is 6.42 Å². The van der Waals surface area contributed by atoms with Gasteiger partial charge in [-0.25, -0.2) is 5.48 Å². The van der Waals surface area contributed by atoms with Crippen molar-refractivity contribution in [3.63, 3.8) is 0 Å². The second-order valence-corrected chi connectivity index (χ2v) is 8.67. The normalized spacial score (nSPS) is 12.7. The topological polar surface area (TPSA) is 88.0 Å². The second kappa shape index (κ2) is 9.98. The van der Waals surface area contributed by atoms with Gasteiger partial charge in [-0.2, -0.15) is 0 Å². The highest BCUT2D eigenvalue weighted by molar-refractivity contribution is 7.24. The minimum atomic E-state index is -4.77. The van der Waals surface area contributed by atoms with Crippen molar-refractivity contribution in [3.05, 3.63) is 76.5 Å². The standard InChI is InChI=1S/C24H20F3NO5S/c25-24(26,27)33-17-6-4-16(5-7-17)32-18-8-10-22-20(12-18)23(30)19-11-14(2-9-21(19)34-22)1-3-15(13-29)28-31/h2,4-12,15,28-29,31H,1,3,13H2. The molecule has 0 spiro atoms. The van der Waals surface area contributed by atoms with Crippen molar-refractivity contribution in [1.82, 2.24) is 5.48 Å². The third-order valence-corrected chi connectivity index (χ3v) is 6.33. The minimum absolute atomic E-state index is 0.163. The van der Waals surface area contributed by atoms with Crippen molar-refractivity contribution in [2.45, 2.75) is 25.2 Å². The number of hydroxylamine groups is 1. The fraction of sp³-hybridized carbons (Fsp3) is 0.208. The smallest absolute Gasteiger partial charge is 0.457 e. The predicted molar refractivity (Wildman–Crippen MR) is 123 cm³/mol. The average molecular weight is 491 g/mol. The molecule has 34 heavy (non-hydrogen) atoms. The second-order valence-electron chi connectivity index (χ2n) is 7.59. The Balaban J connectivity index is 1.60. The molecular formula is C24H20F3NO5S. The molecule has 178 valence electrons. The zero-order valence-electron chi connectivity index (χ0n) is 17.6. The van der Waals surface area contributed by atoms with E-state index in [0.717, 1.165) is 27.1 Å². The molecule has 0 aliphatic heterocycles. The van der Waals surface area contributed by atoms with E-state index in [2.05, 4.69) is 10.2 Å². The van der Waals surface area contributed by atoms with Crippen molar-refractivity contribution in [1.29, 1.82) is 0 Å². The van der Waals surface area contributed by atoms with E-state index in [1.54, 1.807) is 18.2 Å². The van der Waals surface area contributed by atoms with Crippen LogP contribution in [0.1, 0.15) is 12.0 Å². The van der Waals surface area contributed by atoms with Gasteiger partial charge in [-0.3, -0.25) is 4.79 Å². The van der Waals surface area contributed by atoms with Gasteiger partial charge >= 0.3 is 6.36 Å². The molecule has 10 heteroatoms. The maximum atomic E-state index is 13.2. The van der Waals surface area contributed by atoms with E-state index in [4.69, 9.17) is 9.94 Å². The number of rotatable bonds is 8. The zero-order valence-corrected chi connectivity index (χ0v) is 18.4. The molecule has 0 amide bonds. The summed E-state index contributed by atoms with van der Waals surface area (Å²) in [7, 11) is 0. The van der Waals surface area contributed by atoms with E-state index in [1.165, 1.54) is 23.5 Å². The Bertz CT molecular complexity index is 1350. The molecular weight excluding hydrogens is 471 g/mol. The summed E-state index contributed by atoms with van der Waals surface area (Å²) in [5.74, 6) is 0.310. The van der Waals surface area contributed by atoms with E-state index < -0.39 is 12.4 Å². The Morgan fingerprint density at radius 3 is 2.18 bits per heavy atom. The summed E-state index contributed by atoms with van der Waals surface area (Å²) in [6.07, 6.45) is -3.71. The fourth-order valence-corrected chi connectivity index (χ4v) is 4.52. The fourth-order valence-electron chi connectivity index (χ4n) is 3.48. The van der Waals surface area contributed by atoms with Crippen LogP contribution in [-0.4, -0.2) is 29.3 Å². The van der Waals surface area contributed by atoms with Crippen molar-refractivity contribution in [2.24, 2.45) is 0 Å². The lowest BCUT2D eigenvalue weighted by Gasteiger charge is -2.12. The highest BCUT2D eigenvalue weighted by atomic mass is 32.1. The van der Waals surface area contributed by atoms with E-state index in [0.29, 0.717) is 35.1 Å². The molecule has 1 atom stereocenters. The van der Waals surface area contributed by atoms with Crippen molar-refractivity contribution in [2.75, 3.05) is 6.61 Å². The summed E-state index contributed by atoms with van der Waals surface area (Å²) < 4.78 is 48.1. The Labute approximate surface area is 195 Å². The molecule has 0 bridgehead atoms. The first-order valence-electron chi connectivity index (χ1n) is 10.3. The summed E-state index contributed by atoms with van der Waals surface area (Å²) in [5.41, 5.74) is 2.79. The molecule has 1 aromatic heterocycles. The third kappa shape index (κ3) is 5.65. The van der Waals surface area contributed by atoms with Crippen LogP contribution >= 0.6 is 11.3 Å². The number of benzene rings is 3. The molecule has 0 radical (unpaired) electrons. The summed E-state index contributed by atoms with van der Waals surface area (Å²) in [4.78, 5) is 13.2. The van der Waals surface area contributed by atoms with Gasteiger partial charge in [-0.1, -0.05) is 6.07 Å². The van der Waals surface area contributed by atoms with Gasteiger partial charge < -0.3 is 19.8 Å². The van der Waals surface area contributed by atoms with E-state index in [9.17, 15) is 23.1 Å². The third-order valence-electron chi connectivity index (χ3n) is 5.18. The van der Waals surface area contributed by atoms with Crippen LogP contribution in [0.4, 0.5) is 13.2 Å². The van der Waals surface area contributed by atoms with Crippen LogP contribution < -0.4 is 20.4 Å². The molecule has 0 saturated heterocycles. The van der Waals surface area contributed by atoms with Crippen molar-refractivity contribution in [3.8, 4) is 17.2 Å². The number of hydrogen-bond donors (Lipinski definition) is 3. The highest BCUT2D eigenvalue weighted by Crippen LogP contribution is 2.31. The van der Waals surface area contributed by atoms with Crippen molar-refractivity contribution < 1.29 is 33.0 Å². The zero-order chi connectivity index (χ0) is 24.3. The number of aryl methyl sites for hydroxylation is 1. The van der Waals surface area contributed by atoms with Crippen LogP contribution in [0.3, 0.4) is 0 Å². The van der Waals surface area contributed by atoms with Crippen molar-refractivity contribution >= 4 is 31.5 Å². The van der Waals surface area contributed by atoms with Crippen LogP contribution in [0.25, 0.3) is 20.2 Å². The molecule has 0 saturated carbocycles. The lowest BCUT2D eigenvalue weighted by atomic mass is 10.0. The lowest BCUT2D eigenvalue weighted by Crippen LogP contribution is -2.29. The maximum Gasteiger partial charge on any atom is 0.573 e. The van der Waals surface area contributed by atoms with Gasteiger partial charge in [0, 0.05) is 20.2 Å². The summed E-state index contributed by atoms with van der Waals surface area (Å²) >= 11 is 1.46. The molecule has 4 rings (SSSR count). The number of aliphatic hydroxyl groups excluding tert-OH is 1. The first-order valence-corrected chi connectivity index (χ1v) is 11.1. The van der Waals surface area contributed by atoms with Crippen LogP contribution in [0, 0.1) is 0 Å². The lowest BCUT2D eigenvalue weighted by molar-refractivity contribution is -0.274. The predicted octanol–water partition coefficient (Wildman–Crippen LogP) is 5.38. The van der Waals surface area contributed by atoms with Gasteiger partial charge in [0.2, 0.25) is 0 Å². The summed E-state index contributed by atoms with van der Waals surface area (Å²) in [5, 5.41) is 19.2. The van der Waals surface area contributed by atoms with Gasteiger partial charge in [-0.15, -0.1) is 24.5 Å². The Morgan fingerprint density at radius 2 is 1.53 bits per heavy atom. The van der Waals surface area contributed by atoms with Gasteiger partial charge in [0.05, 0.1) is 12.6 Å². The number of alkyl halides is 3. The number of aliphatic hydroxyl groups is 1. The maximum absolute atomic E-state index is 13.2. The SMILES string of the molecule is O=c1c2cc(CCC(CO)NO)ccc2sc2ccc(Oc3ccc(OC(F)(F)F)cc3)cc12. The van der Waals surface area contributed by atoms with Crippen LogP contribution in [0.2, 0.25) is 0 Å². The number of ether oxygens (including phenoxy) is 2. The number of halogens is 3. The number of nitrogens with one attached hydrogen (secondary N) is 1. The summed E-state index contributed by atoms with van der Waals surface area (Å²) in [6.45, 7) is -0.204. The van der Waals surface area contributed by atoms with Gasteiger partial charge in [0.1, 0.15) is 17.2 Å². The minimum Gasteiger partial charge on any atom is -0.457 e. The molecule has 3 N–H and O–H groups in total. The van der Waals surface area contributed by atoms with Crippen LogP contribution in [0.15, 0.2) is 65.5 Å². The van der Waals surface area contributed by atoms with E-state index >= 15 is 0 Å². The van der Waals surface area contributed by atoms with Gasteiger partial charge in [-0.05, 0) is 73.0 Å². The largest absolute Gasteiger partial charge is 0.573 e. The molecule has 1 unspecified atom stereocenters. The average Bonchev–Trinajstić information content (AvgIpc) is 2.81.